The molecule has 0 amide bonds. The SMILES string of the molecule is CC1(CNc2ccc([N+](=O)[O-])cc2C#N)CCCCC1O. The molecule has 0 bridgehead atoms. The minimum Gasteiger partial charge on any atom is -0.392 e. The van der Waals surface area contributed by atoms with E-state index in [1.807, 2.05) is 13.0 Å². The molecule has 1 saturated carbocycles. The van der Waals surface area contributed by atoms with Crippen LogP contribution in [0.1, 0.15) is 38.2 Å². The van der Waals surface area contributed by atoms with Crippen LogP contribution < -0.4 is 5.32 Å². The molecule has 1 aliphatic rings. The van der Waals surface area contributed by atoms with Crippen molar-refractivity contribution in [1.29, 1.82) is 5.26 Å². The van der Waals surface area contributed by atoms with E-state index in [-0.39, 0.29) is 22.8 Å². The van der Waals surface area contributed by atoms with Crippen molar-refractivity contribution >= 4 is 11.4 Å². The number of nitro benzene ring substituents is 1. The van der Waals surface area contributed by atoms with Crippen LogP contribution in [0.4, 0.5) is 11.4 Å². The molecule has 1 aliphatic carbocycles. The largest absolute Gasteiger partial charge is 0.392 e. The average Bonchev–Trinajstić information content (AvgIpc) is 2.48. The molecular weight excluding hydrogens is 270 g/mol. The fourth-order valence-electron chi connectivity index (χ4n) is 2.78. The predicted molar refractivity (Wildman–Crippen MR) is 78.9 cm³/mol. The molecule has 0 aliphatic heterocycles. The number of aliphatic hydroxyl groups is 1. The summed E-state index contributed by atoms with van der Waals surface area (Å²) in [6.07, 6.45) is 3.49. The highest BCUT2D eigenvalue weighted by molar-refractivity contribution is 5.61. The molecular formula is C15H19N3O3. The van der Waals surface area contributed by atoms with Gasteiger partial charge in [-0.3, -0.25) is 10.1 Å². The summed E-state index contributed by atoms with van der Waals surface area (Å²) < 4.78 is 0. The molecule has 2 N–H and O–H groups in total. The zero-order chi connectivity index (χ0) is 15.5. The van der Waals surface area contributed by atoms with E-state index in [4.69, 9.17) is 5.26 Å². The van der Waals surface area contributed by atoms with Crippen LogP contribution in [-0.2, 0) is 0 Å². The third-order valence-corrected chi connectivity index (χ3v) is 4.30. The van der Waals surface area contributed by atoms with Gasteiger partial charge in [0.1, 0.15) is 6.07 Å². The molecule has 0 radical (unpaired) electrons. The highest BCUT2D eigenvalue weighted by Crippen LogP contribution is 2.36. The predicted octanol–water partition coefficient (Wildman–Crippen LogP) is 2.82. The summed E-state index contributed by atoms with van der Waals surface area (Å²) in [5.74, 6) is 0. The van der Waals surface area contributed by atoms with Gasteiger partial charge in [0.2, 0.25) is 0 Å². The molecule has 6 heteroatoms. The number of anilines is 1. The first kappa shape index (κ1) is 15.3. The maximum atomic E-state index is 10.7. The van der Waals surface area contributed by atoms with E-state index in [0.717, 1.165) is 25.7 Å². The zero-order valence-corrected chi connectivity index (χ0v) is 12.0. The topological polar surface area (TPSA) is 99.2 Å². The number of hydrogen-bond acceptors (Lipinski definition) is 5. The Labute approximate surface area is 123 Å². The van der Waals surface area contributed by atoms with Crippen molar-refractivity contribution < 1.29 is 10.0 Å². The summed E-state index contributed by atoms with van der Waals surface area (Å²) in [6.45, 7) is 2.57. The molecule has 1 aromatic carbocycles. The van der Waals surface area contributed by atoms with Crippen molar-refractivity contribution in [2.45, 2.75) is 38.7 Å². The molecule has 112 valence electrons. The lowest BCUT2D eigenvalue weighted by Gasteiger charge is -2.38. The van der Waals surface area contributed by atoms with Crippen molar-refractivity contribution in [3.8, 4) is 6.07 Å². The van der Waals surface area contributed by atoms with Crippen LogP contribution >= 0.6 is 0 Å². The van der Waals surface area contributed by atoms with E-state index < -0.39 is 4.92 Å². The van der Waals surface area contributed by atoms with E-state index in [0.29, 0.717) is 12.2 Å². The molecule has 1 fully saturated rings. The van der Waals surface area contributed by atoms with Gasteiger partial charge in [-0.25, -0.2) is 0 Å². The van der Waals surface area contributed by atoms with Crippen LogP contribution in [0.15, 0.2) is 18.2 Å². The number of nitrogens with one attached hydrogen (secondary N) is 1. The average molecular weight is 289 g/mol. The minimum atomic E-state index is -0.517. The molecule has 0 saturated heterocycles. The quantitative estimate of drug-likeness (QED) is 0.656. The number of hydrogen-bond donors (Lipinski definition) is 2. The van der Waals surface area contributed by atoms with Gasteiger partial charge in [0.05, 0.1) is 22.3 Å². The molecule has 2 rings (SSSR count). The maximum absolute atomic E-state index is 10.7. The fourth-order valence-corrected chi connectivity index (χ4v) is 2.78. The van der Waals surface area contributed by atoms with Crippen LogP contribution in [0.2, 0.25) is 0 Å². The summed E-state index contributed by atoms with van der Waals surface area (Å²) in [4.78, 5) is 10.2. The number of nitro groups is 1. The molecule has 2 unspecified atom stereocenters. The molecule has 21 heavy (non-hydrogen) atoms. The Balaban J connectivity index is 2.13. The summed E-state index contributed by atoms with van der Waals surface area (Å²) in [6, 6.07) is 6.17. The fraction of sp³-hybridized carbons (Fsp3) is 0.533. The van der Waals surface area contributed by atoms with Gasteiger partial charge in [0, 0.05) is 24.1 Å². The van der Waals surface area contributed by atoms with Gasteiger partial charge in [-0.2, -0.15) is 5.26 Å². The summed E-state index contributed by atoms with van der Waals surface area (Å²) in [7, 11) is 0. The van der Waals surface area contributed by atoms with Gasteiger partial charge in [-0.1, -0.05) is 19.8 Å². The molecule has 1 aromatic rings. The van der Waals surface area contributed by atoms with Gasteiger partial charge in [0.25, 0.3) is 5.69 Å². The maximum Gasteiger partial charge on any atom is 0.270 e. The standard InChI is InChI=1S/C15H19N3O3/c1-15(7-3-2-4-14(15)19)10-17-13-6-5-12(18(20)21)8-11(13)9-16/h5-6,8,14,17,19H,2-4,7,10H2,1H3. The zero-order valence-electron chi connectivity index (χ0n) is 12.0. The first-order valence-electron chi connectivity index (χ1n) is 7.07. The smallest absolute Gasteiger partial charge is 0.270 e. The Bertz CT molecular complexity index is 582. The van der Waals surface area contributed by atoms with Crippen LogP contribution in [0.25, 0.3) is 0 Å². The van der Waals surface area contributed by atoms with Crippen LogP contribution in [0.3, 0.4) is 0 Å². The Morgan fingerprint density at radius 1 is 1.57 bits per heavy atom. The lowest BCUT2D eigenvalue weighted by atomic mass is 9.73. The van der Waals surface area contributed by atoms with Crippen molar-refractivity contribution in [1.82, 2.24) is 0 Å². The number of benzene rings is 1. The number of nitriles is 1. The third kappa shape index (κ3) is 3.31. The molecule has 2 atom stereocenters. The van der Waals surface area contributed by atoms with Crippen LogP contribution in [0.5, 0.6) is 0 Å². The Morgan fingerprint density at radius 3 is 2.95 bits per heavy atom. The van der Waals surface area contributed by atoms with Crippen molar-refractivity contribution in [3.63, 3.8) is 0 Å². The monoisotopic (exact) mass is 289 g/mol. The number of nitrogens with zero attached hydrogens (tertiary/aromatic N) is 2. The summed E-state index contributed by atoms with van der Waals surface area (Å²) in [5.41, 5.74) is 0.494. The van der Waals surface area contributed by atoms with Gasteiger partial charge in [0.15, 0.2) is 0 Å². The lowest BCUT2D eigenvalue weighted by molar-refractivity contribution is -0.384. The van der Waals surface area contributed by atoms with Crippen LogP contribution in [0, 0.1) is 26.9 Å². The Kier molecular flexibility index (Phi) is 4.43. The number of non-ortho nitro benzene ring substituents is 1. The molecule has 0 heterocycles. The van der Waals surface area contributed by atoms with E-state index in [9.17, 15) is 15.2 Å². The van der Waals surface area contributed by atoms with E-state index in [1.165, 1.54) is 12.1 Å². The second-order valence-electron chi connectivity index (χ2n) is 5.87. The third-order valence-electron chi connectivity index (χ3n) is 4.30. The summed E-state index contributed by atoms with van der Waals surface area (Å²) >= 11 is 0. The van der Waals surface area contributed by atoms with Gasteiger partial charge >= 0.3 is 0 Å². The number of aliphatic hydroxyl groups excluding tert-OH is 1. The first-order chi connectivity index (χ1) is 9.96. The van der Waals surface area contributed by atoms with Crippen molar-refractivity contribution in [2.24, 2.45) is 5.41 Å². The van der Waals surface area contributed by atoms with Gasteiger partial charge in [-0.15, -0.1) is 0 Å². The Hall–Kier alpha value is -2.13. The molecule has 0 aromatic heterocycles. The number of rotatable bonds is 4. The van der Waals surface area contributed by atoms with E-state index >= 15 is 0 Å². The second-order valence-corrected chi connectivity index (χ2v) is 5.87. The molecule has 0 spiro atoms. The highest BCUT2D eigenvalue weighted by atomic mass is 16.6. The van der Waals surface area contributed by atoms with Crippen molar-refractivity contribution in [2.75, 3.05) is 11.9 Å². The van der Waals surface area contributed by atoms with Gasteiger partial charge < -0.3 is 10.4 Å². The highest BCUT2D eigenvalue weighted by Gasteiger charge is 2.35. The van der Waals surface area contributed by atoms with Gasteiger partial charge in [-0.05, 0) is 18.9 Å². The Morgan fingerprint density at radius 2 is 2.33 bits per heavy atom. The van der Waals surface area contributed by atoms with Crippen molar-refractivity contribution in [3.05, 3.63) is 33.9 Å². The minimum absolute atomic E-state index is 0.0963. The van der Waals surface area contributed by atoms with E-state index in [1.54, 1.807) is 6.07 Å². The molecule has 6 nitrogen and oxygen atoms in total. The lowest BCUT2D eigenvalue weighted by Crippen LogP contribution is -2.41. The normalized spacial score (nSPS) is 25.1. The summed E-state index contributed by atoms with van der Waals surface area (Å²) in [5, 5.41) is 33.2. The van der Waals surface area contributed by atoms with E-state index in [2.05, 4.69) is 5.32 Å². The second kappa shape index (κ2) is 6.10. The van der Waals surface area contributed by atoms with Crippen LogP contribution in [-0.4, -0.2) is 22.7 Å². The first-order valence-corrected chi connectivity index (χ1v) is 7.07.